The number of rotatable bonds is 8. The van der Waals surface area contributed by atoms with Crippen LogP contribution in [0.4, 0.5) is 0 Å². The standard InChI is InChI=1S/C9H17NO5/c1-15-6-2-3-8(12)10-7(4-5-11)9(13)14/h7,11H,2-6H2,1H3,(H,10,12)(H,13,14). The summed E-state index contributed by atoms with van der Waals surface area (Å²) in [6.07, 6.45) is 0.794. The first-order chi connectivity index (χ1) is 7.11. The highest BCUT2D eigenvalue weighted by Crippen LogP contribution is 1.95. The molecule has 6 nitrogen and oxygen atoms in total. The Kier molecular flexibility index (Phi) is 7.57. The molecular weight excluding hydrogens is 202 g/mol. The van der Waals surface area contributed by atoms with E-state index < -0.39 is 12.0 Å². The lowest BCUT2D eigenvalue weighted by molar-refractivity contribution is -0.142. The molecule has 0 aromatic carbocycles. The molecule has 0 fully saturated rings. The van der Waals surface area contributed by atoms with Gasteiger partial charge in [0.2, 0.25) is 5.91 Å². The average Bonchev–Trinajstić information content (AvgIpc) is 2.17. The van der Waals surface area contributed by atoms with Gasteiger partial charge in [-0.3, -0.25) is 4.79 Å². The second kappa shape index (κ2) is 8.19. The number of ether oxygens (including phenoxy) is 1. The van der Waals surface area contributed by atoms with E-state index >= 15 is 0 Å². The van der Waals surface area contributed by atoms with Crippen molar-refractivity contribution < 1.29 is 24.5 Å². The van der Waals surface area contributed by atoms with Gasteiger partial charge in [0.15, 0.2) is 0 Å². The number of hydrogen-bond donors (Lipinski definition) is 3. The van der Waals surface area contributed by atoms with E-state index in [2.05, 4.69) is 5.32 Å². The Morgan fingerprint density at radius 1 is 1.47 bits per heavy atom. The fourth-order valence-corrected chi connectivity index (χ4v) is 1.03. The number of carboxylic acid groups (broad SMARTS) is 1. The second-order valence-electron chi connectivity index (χ2n) is 3.07. The van der Waals surface area contributed by atoms with Crippen molar-refractivity contribution in [2.45, 2.75) is 25.3 Å². The number of carbonyl (C=O) groups excluding carboxylic acids is 1. The van der Waals surface area contributed by atoms with Crippen LogP contribution in [-0.4, -0.2) is 48.5 Å². The number of carbonyl (C=O) groups is 2. The molecule has 0 aliphatic carbocycles. The van der Waals surface area contributed by atoms with Crippen LogP contribution < -0.4 is 5.32 Å². The van der Waals surface area contributed by atoms with Crippen molar-refractivity contribution in [2.75, 3.05) is 20.3 Å². The Bertz CT molecular complexity index is 207. The fourth-order valence-electron chi connectivity index (χ4n) is 1.03. The molecule has 0 bridgehead atoms. The maximum absolute atomic E-state index is 11.2. The molecule has 0 rings (SSSR count). The summed E-state index contributed by atoms with van der Waals surface area (Å²) in [6.45, 7) is 0.195. The zero-order valence-electron chi connectivity index (χ0n) is 8.73. The molecule has 0 heterocycles. The van der Waals surface area contributed by atoms with Gasteiger partial charge in [-0.15, -0.1) is 0 Å². The Hall–Kier alpha value is -1.14. The predicted molar refractivity (Wildman–Crippen MR) is 52.4 cm³/mol. The lowest BCUT2D eigenvalue weighted by Crippen LogP contribution is -2.41. The monoisotopic (exact) mass is 219 g/mol. The van der Waals surface area contributed by atoms with Gasteiger partial charge in [-0.05, 0) is 6.42 Å². The quantitative estimate of drug-likeness (QED) is 0.472. The van der Waals surface area contributed by atoms with Crippen LogP contribution in [0, 0.1) is 0 Å². The maximum Gasteiger partial charge on any atom is 0.326 e. The van der Waals surface area contributed by atoms with Gasteiger partial charge in [0.25, 0.3) is 0 Å². The fraction of sp³-hybridized carbons (Fsp3) is 0.778. The molecular formula is C9H17NO5. The molecule has 15 heavy (non-hydrogen) atoms. The van der Waals surface area contributed by atoms with E-state index in [1.807, 2.05) is 0 Å². The summed E-state index contributed by atoms with van der Waals surface area (Å²) in [4.78, 5) is 21.8. The zero-order valence-corrected chi connectivity index (χ0v) is 8.73. The van der Waals surface area contributed by atoms with E-state index in [1.165, 1.54) is 7.11 Å². The Balaban J connectivity index is 3.84. The van der Waals surface area contributed by atoms with Gasteiger partial charge in [-0.2, -0.15) is 0 Å². The largest absolute Gasteiger partial charge is 0.480 e. The molecule has 1 amide bonds. The molecule has 0 saturated carbocycles. The minimum Gasteiger partial charge on any atom is -0.480 e. The molecule has 3 N–H and O–H groups in total. The van der Waals surface area contributed by atoms with Crippen molar-refractivity contribution in [1.29, 1.82) is 0 Å². The summed E-state index contributed by atoms with van der Waals surface area (Å²) in [5.74, 6) is -1.47. The van der Waals surface area contributed by atoms with Crippen LogP contribution in [-0.2, 0) is 14.3 Å². The van der Waals surface area contributed by atoms with Crippen LogP contribution in [0.1, 0.15) is 19.3 Å². The van der Waals surface area contributed by atoms with Gasteiger partial charge in [-0.25, -0.2) is 4.79 Å². The number of aliphatic hydroxyl groups excluding tert-OH is 1. The lowest BCUT2D eigenvalue weighted by Gasteiger charge is -2.12. The summed E-state index contributed by atoms with van der Waals surface area (Å²) >= 11 is 0. The third-order valence-corrected chi connectivity index (χ3v) is 1.80. The Morgan fingerprint density at radius 3 is 2.60 bits per heavy atom. The molecule has 0 aliphatic rings. The highest BCUT2D eigenvalue weighted by Gasteiger charge is 2.18. The summed E-state index contributed by atoms with van der Waals surface area (Å²) in [5, 5.41) is 19.6. The smallest absolute Gasteiger partial charge is 0.326 e. The number of aliphatic carboxylic acids is 1. The summed E-state index contributed by atoms with van der Waals surface area (Å²) < 4.78 is 4.76. The topological polar surface area (TPSA) is 95.9 Å². The lowest BCUT2D eigenvalue weighted by atomic mass is 10.2. The molecule has 0 aromatic heterocycles. The number of carboxylic acids is 1. The van der Waals surface area contributed by atoms with E-state index in [-0.39, 0.29) is 25.4 Å². The van der Waals surface area contributed by atoms with Gasteiger partial charge in [0.05, 0.1) is 0 Å². The van der Waals surface area contributed by atoms with Crippen LogP contribution >= 0.6 is 0 Å². The van der Waals surface area contributed by atoms with E-state index in [9.17, 15) is 9.59 Å². The molecule has 0 radical (unpaired) electrons. The SMILES string of the molecule is COCCCC(=O)NC(CCO)C(=O)O. The highest BCUT2D eigenvalue weighted by atomic mass is 16.5. The molecule has 0 aromatic rings. The molecule has 0 aliphatic heterocycles. The molecule has 1 atom stereocenters. The Morgan fingerprint density at radius 2 is 2.13 bits per heavy atom. The summed E-state index contributed by atoms with van der Waals surface area (Å²) in [6, 6.07) is -1.01. The van der Waals surface area contributed by atoms with E-state index in [0.717, 1.165) is 0 Å². The van der Waals surface area contributed by atoms with Crippen molar-refractivity contribution in [3.63, 3.8) is 0 Å². The van der Waals surface area contributed by atoms with Gasteiger partial charge < -0.3 is 20.3 Å². The van der Waals surface area contributed by atoms with Gasteiger partial charge in [-0.1, -0.05) is 0 Å². The first-order valence-corrected chi connectivity index (χ1v) is 4.73. The van der Waals surface area contributed by atoms with Crippen LogP contribution in [0.5, 0.6) is 0 Å². The molecule has 0 spiro atoms. The van der Waals surface area contributed by atoms with Gasteiger partial charge >= 0.3 is 5.97 Å². The summed E-state index contributed by atoms with van der Waals surface area (Å²) in [5.41, 5.74) is 0. The normalized spacial score (nSPS) is 12.1. The summed E-state index contributed by atoms with van der Waals surface area (Å²) in [7, 11) is 1.53. The van der Waals surface area contributed by atoms with Crippen molar-refractivity contribution in [2.24, 2.45) is 0 Å². The number of hydrogen-bond acceptors (Lipinski definition) is 4. The van der Waals surface area contributed by atoms with E-state index in [1.54, 1.807) is 0 Å². The number of nitrogens with one attached hydrogen (secondary N) is 1. The first-order valence-electron chi connectivity index (χ1n) is 4.73. The van der Waals surface area contributed by atoms with Crippen molar-refractivity contribution in [1.82, 2.24) is 5.32 Å². The Labute approximate surface area is 88.2 Å². The molecule has 88 valence electrons. The molecule has 0 saturated heterocycles. The maximum atomic E-state index is 11.2. The number of aliphatic hydroxyl groups is 1. The third-order valence-electron chi connectivity index (χ3n) is 1.80. The van der Waals surface area contributed by atoms with E-state index in [0.29, 0.717) is 13.0 Å². The minimum absolute atomic E-state index is 0.0192. The first kappa shape index (κ1) is 13.9. The van der Waals surface area contributed by atoms with Crippen LogP contribution in [0.3, 0.4) is 0 Å². The second-order valence-corrected chi connectivity index (χ2v) is 3.07. The molecule has 6 heteroatoms. The van der Waals surface area contributed by atoms with Crippen LogP contribution in [0.2, 0.25) is 0 Å². The number of amides is 1. The van der Waals surface area contributed by atoms with Crippen LogP contribution in [0.15, 0.2) is 0 Å². The molecule has 1 unspecified atom stereocenters. The predicted octanol–water partition coefficient (Wildman–Crippen LogP) is -0.635. The highest BCUT2D eigenvalue weighted by molar-refractivity contribution is 5.83. The van der Waals surface area contributed by atoms with Crippen molar-refractivity contribution >= 4 is 11.9 Å². The zero-order chi connectivity index (χ0) is 11.7. The van der Waals surface area contributed by atoms with Gasteiger partial charge in [0.1, 0.15) is 6.04 Å². The number of methoxy groups -OCH3 is 1. The van der Waals surface area contributed by atoms with Crippen molar-refractivity contribution in [3.05, 3.63) is 0 Å². The third kappa shape index (κ3) is 6.87. The van der Waals surface area contributed by atoms with E-state index in [4.69, 9.17) is 14.9 Å². The van der Waals surface area contributed by atoms with Gasteiger partial charge in [0, 0.05) is 33.2 Å². The minimum atomic E-state index is -1.14. The van der Waals surface area contributed by atoms with Crippen LogP contribution in [0.25, 0.3) is 0 Å². The average molecular weight is 219 g/mol. The van der Waals surface area contributed by atoms with Crippen molar-refractivity contribution in [3.8, 4) is 0 Å².